The Morgan fingerprint density at radius 3 is 2.33 bits per heavy atom. The summed E-state index contributed by atoms with van der Waals surface area (Å²) in [6.07, 6.45) is 0.855. The lowest BCUT2D eigenvalue weighted by molar-refractivity contribution is -0.132. The normalized spacial score (nSPS) is 17.0. The zero-order chi connectivity index (χ0) is 25.8. The van der Waals surface area contributed by atoms with Crippen molar-refractivity contribution < 1.29 is 24.2 Å². The number of aliphatic hydroxyl groups is 1. The van der Waals surface area contributed by atoms with Gasteiger partial charge in [-0.15, -0.1) is 0 Å². The highest BCUT2D eigenvalue weighted by Crippen LogP contribution is 2.43. The fourth-order valence-electron chi connectivity index (χ4n) is 4.27. The van der Waals surface area contributed by atoms with Gasteiger partial charge in [0, 0.05) is 11.3 Å². The van der Waals surface area contributed by atoms with Gasteiger partial charge < -0.3 is 14.6 Å². The van der Waals surface area contributed by atoms with E-state index in [0.29, 0.717) is 40.8 Å². The molecule has 186 valence electrons. The molecule has 1 fully saturated rings. The Bertz CT molecular complexity index is 1290. The minimum Gasteiger partial charge on any atom is -0.507 e. The molecule has 4 rings (SSSR count). The van der Waals surface area contributed by atoms with E-state index in [-0.39, 0.29) is 11.3 Å². The molecule has 36 heavy (non-hydrogen) atoms. The predicted molar refractivity (Wildman–Crippen MR) is 140 cm³/mol. The predicted octanol–water partition coefficient (Wildman–Crippen LogP) is 5.92. The highest BCUT2D eigenvalue weighted by atomic mass is 16.5. The Morgan fingerprint density at radius 2 is 1.67 bits per heavy atom. The van der Waals surface area contributed by atoms with Gasteiger partial charge in [-0.25, -0.2) is 0 Å². The number of amides is 1. The second kappa shape index (κ2) is 10.7. The van der Waals surface area contributed by atoms with Crippen molar-refractivity contribution in [2.45, 2.75) is 33.2 Å². The van der Waals surface area contributed by atoms with Gasteiger partial charge in [0.2, 0.25) is 0 Å². The summed E-state index contributed by atoms with van der Waals surface area (Å²) in [5.41, 5.74) is 2.78. The van der Waals surface area contributed by atoms with Gasteiger partial charge in [0.05, 0.1) is 25.3 Å². The maximum Gasteiger partial charge on any atom is 0.300 e. The molecular formula is C30H31NO5. The number of aryl methyl sites for hydroxylation is 1. The zero-order valence-electron chi connectivity index (χ0n) is 21.0. The second-order valence-corrected chi connectivity index (χ2v) is 9.20. The number of anilines is 1. The number of carbonyl (C=O) groups is 2. The average molecular weight is 486 g/mol. The van der Waals surface area contributed by atoms with E-state index >= 15 is 0 Å². The van der Waals surface area contributed by atoms with Gasteiger partial charge in [0.15, 0.2) is 0 Å². The first-order chi connectivity index (χ1) is 17.3. The number of hydrogen-bond acceptors (Lipinski definition) is 5. The van der Waals surface area contributed by atoms with E-state index in [1.165, 1.54) is 4.90 Å². The van der Waals surface area contributed by atoms with Gasteiger partial charge in [0.25, 0.3) is 11.7 Å². The van der Waals surface area contributed by atoms with Crippen molar-refractivity contribution in [3.63, 3.8) is 0 Å². The largest absolute Gasteiger partial charge is 0.507 e. The Balaban J connectivity index is 1.86. The molecule has 1 saturated heterocycles. The van der Waals surface area contributed by atoms with Gasteiger partial charge in [-0.1, -0.05) is 57.2 Å². The molecule has 1 amide bonds. The SMILES string of the molecule is CCc1ccc(N2C(=O)C(=O)/C(=C(\O)c3cccc(OCC(C)C)c3)C2c2cccc(OC)c2)cc1. The number of carbonyl (C=O) groups excluding carboxylic acids is 2. The second-order valence-electron chi connectivity index (χ2n) is 9.20. The van der Waals surface area contributed by atoms with Crippen LogP contribution in [0.1, 0.15) is 43.5 Å². The fourth-order valence-corrected chi connectivity index (χ4v) is 4.27. The van der Waals surface area contributed by atoms with Crippen LogP contribution >= 0.6 is 0 Å². The summed E-state index contributed by atoms with van der Waals surface area (Å²) in [5.74, 6) is -0.184. The van der Waals surface area contributed by atoms with Crippen LogP contribution in [0.25, 0.3) is 5.76 Å². The monoisotopic (exact) mass is 485 g/mol. The number of hydrogen-bond donors (Lipinski definition) is 1. The maximum absolute atomic E-state index is 13.4. The first-order valence-electron chi connectivity index (χ1n) is 12.1. The molecule has 1 atom stereocenters. The topological polar surface area (TPSA) is 76.1 Å². The minimum atomic E-state index is -0.826. The number of benzene rings is 3. The molecule has 6 heteroatoms. The number of Topliss-reactive ketones (excluding diaryl/α,β-unsaturated/α-hetero) is 1. The summed E-state index contributed by atoms with van der Waals surface area (Å²) in [6.45, 7) is 6.67. The number of ketones is 1. The van der Waals surface area contributed by atoms with Crippen LogP contribution in [0.5, 0.6) is 11.5 Å². The van der Waals surface area contributed by atoms with Crippen LogP contribution in [0.4, 0.5) is 5.69 Å². The van der Waals surface area contributed by atoms with Gasteiger partial charge in [-0.05, 0) is 59.9 Å². The first-order valence-corrected chi connectivity index (χ1v) is 12.1. The quantitative estimate of drug-likeness (QED) is 0.244. The van der Waals surface area contributed by atoms with E-state index in [1.807, 2.05) is 44.2 Å². The Hall–Kier alpha value is -4.06. The lowest BCUT2D eigenvalue weighted by atomic mass is 9.95. The van der Waals surface area contributed by atoms with E-state index in [2.05, 4.69) is 6.92 Å². The van der Waals surface area contributed by atoms with E-state index in [1.54, 1.807) is 49.6 Å². The van der Waals surface area contributed by atoms with Crippen LogP contribution in [-0.2, 0) is 16.0 Å². The van der Waals surface area contributed by atoms with Crippen molar-refractivity contribution in [3.05, 3.63) is 95.1 Å². The number of rotatable bonds is 8. The molecule has 1 N–H and O–H groups in total. The van der Waals surface area contributed by atoms with Crippen molar-refractivity contribution in [1.29, 1.82) is 0 Å². The number of methoxy groups -OCH3 is 1. The molecule has 1 unspecified atom stereocenters. The Kier molecular flexibility index (Phi) is 7.44. The summed E-state index contributed by atoms with van der Waals surface area (Å²) in [5, 5.41) is 11.4. The summed E-state index contributed by atoms with van der Waals surface area (Å²) < 4.78 is 11.2. The van der Waals surface area contributed by atoms with Crippen molar-refractivity contribution in [3.8, 4) is 11.5 Å². The van der Waals surface area contributed by atoms with Crippen LogP contribution < -0.4 is 14.4 Å². The molecule has 0 aliphatic carbocycles. The highest BCUT2D eigenvalue weighted by Gasteiger charge is 2.47. The molecule has 3 aromatic carbocycles. The smallest absolute Gasteiger partial charge is 0.300 e. The van der Waals surface area contributed by atoms with Crippen molar-refractivity contribution in [2.24, 2.45) is 5.92 Å². The van der Waals surface area contributed by atoms with Crippen LogP contribution in [0, 0.1) is 5.92 Å². The third-order valence-electron chi connectivity index (χ3n) is 6.17. The van der Waals surface area contributed by atoms with E-state index in [4.69, 9.17) is 9.47 Å². The van der Waals surface area contributed by atoms with E-state index < -0.39 is 17.7 Å². The summed E-state index contributed by atoms with van der Waals surface area (Å²) in [7, 11) is 1.56. The highest BCUT2D eigenvalue weighted by molar-refractivity contribution is 6.51. The standard InChI is InChI=1S/C30H31NO5/c1-5-20-12-14-23(15-13-20)31-27(21-8-6-10-24(16-21)35-4)26(29(33)30(31)34)28(32)22-9-7-11-25(17-22)36-18-19(2)3/h6-17,19,27,32H,5,18H2,1-4H3/b28-26-. The maximum atomic E-state index is 13.4. The fraction of sp³-hybridized carbons (Fsp3) is 0.267. The molecule has 0 aromatic heterocycles. The van der Waals surface area contributed by atoms with E-state index in [9.17, 15) is 14.7 Å². The third-order valence-corrected chi connectivity index (χ3v) is 6.17. The van der Waals surface area contributed by atoms with Crippen molar-refractivity contribution in [2.75, 3.05) is 18.6 Å². The molecular weight excluding hydrogens is 454 g/mol. The molecule has 0 spiro atoms. The molecule has 0 saturated carbocycles. The average Bonchev–Trinajstić information content (AvgIpc) is 3.17. The van der Waals surface area contributed by atoms with Gasteiger partial charge in [-0.3, -0.25) is 14.5 Å². The number of ether oxygens (including phenoxy) is 2. The number of aliphatic hydroxyl groups excluding tert-OH is 1. The van der Waals surface area contributed by atoms with E-state index in [0.717, 1.165) is 12.0 Å². The molecule has 3 aromatic rings. The molecule has 0 bridgehead atoms. The lowest BCUT2D eigenvalue weighted by Gasteiger charge is -2.26. The molecule has 1 aliphatic rings. The van der Waals surface area contributed by atoms with Crippen LogP contribution in [-0.4, -0.2) is 30.5 Å². The molecule has 6 nitrogen and oxygen atoms in total. The Morgan fingerprint density at radius 1 is 0.972 bits per heavy atom. The van der Waals surface area contributed by atoms with Gasteiger partial charge >= 0.3 is 0 Å². The lowest BCUT2D eigenvalue weighted by Crippen LogP contribution is -2.29. The van der Waals surface area contributed by atoms with Crippen LogP contribution in [0.15, 0.2) is 78.4 Å². The van der Waals surface area contributed by atoms with Crippen LogP contribution in [0.3, 0.4) is 0 Å². The van der Waals surface area contributed by atoms with Gasteiger partial charge in [-0.2, -0.15) is 0 Å². The Labute approximate surface area is 211 Å². The van der Waals surface area contributed by atoms with Crippen molar-refractivity contribution >= 4 is 23.1 Å². The minimum absolute atomic E-state index is 0.0221. The summed E-state index contributed by atoms with van der Waals surface area (Å²) >= 11 is 0. The summed E-state index contributed by atoms with van der Waals surface area (Å²) in [4.78, 5) is 28.2. The zero-order valence-corrected chi connectivity index (χ0v) is 21.0. The molecule has 0 radical (unpaired) electrons. The van der Waals surface area contributed by atoms with Crippen molar-refractivity contribution in [1.82, 2.24) is 0 Å². The number of nitrogens with zero attached hydrogens (tertiary/aromatic N) is 1. The summed E-state index contributed by atoms with van der Waals surface area (Å²) in [6, 6.07) is 20.8. The molecule has 1 aliphatic heterocycles. The van der Waals surface area contributed by atoms with Crippen LogP contribution in [0.2, 0.25) is 0 Å². The first kappa shape index (κ1) is 25.0. The molecule has 1 heterocycles. The van der Waals surface area contributed by atoms with Gasteiger partial charge in [0.1, 0.15) is 17.3 Å². The third kappa shape index (κ3) is 4.98.